The fraction of sp³-hybridized carbons (Fsp3) is 0.0323. The minimum Gasteiger partial charge on any atom is -0.478 e. The number of hydrogen-bond acceptors (Lipinski definition) is 5. The summed E-state index contributed by atoms with van der Waals surface area (Å²) in [6.07, 6.45) is 1.53. The zero-order valence-electron chi connectivity index (χ0n) is 21.8. The van der Waals surface area contributed by atoms with Gasteiger partial charge in [-0.05, 0) is 78.4 Å². The topological polar surface area (TPSA) is 125 Å². The van der Waals surface area contributed by atoms with Crippen LogP contribution in [-0.2, 0) is 9.59 Å². The number of carbonyl (C=O) groups is 4. The molecular weight excluding hydrogens is 597 g/mol. The molecule has 0 saturated heterocycles. The summed E-state index contributed by atoms with van der Waals surface area (Å²) in [5.41, 5.74) is 1.72. The lowest BCUT2D eigenvalue weighted by molar-refractivity contribution is -0.114. The molecule has 0 aliphatic rings. The van der Waals surface area contributed by atoms with Crippen LogP contribution in [0.3, 0.4) is 0 Å². The van der Waals surface area contributed by atoms with Gasteiger partial charge in [-0.2, -0.15) is 0 Å². The average Bonchev–Trinajstić information content (AvgIpc) is 2.98. The van der Waals surface area contributed by atoms with E-state index < -0.39 is 17.8 Å². The van der Waals surface area contributed by atoms with Crippen LogP contribution in [0.25, 0.3) is 6.08 Å². The van der Waals surface area contributed by atoms with Crippen molar-refractivity contribution >= 4 is 76.1 Å². The third-order valence-corrected chi connectivity index (χ3v) is 7.23. The first kappa shape index (κ1) is 30.4. The van der Waals surface area contributed by atoms with Crippen molar-refractivity contribution in [2.45, 2.75) is 4.90 Å². The summed E-state index contributed by atoms with van der Waals surface area (Å²) < 4.78 is 0. The van der Waals surface area contributed by atoms with E-state index in [0.29, 0.717) is 21.8 Å². The Kier molecular flexibility index (Phi) is 10.4. The van der Waals surface area contributed by atoms with E-state index in [9.17, 15) is 19.2 Å². The van der Waals surface area contributed by atoms with Crippen molar-refractivity contribution in [1.82, 2.24) is 5.32 Å². The Bertz CT molecular complexity index is 1660. The molecule has 0 atom stereocenters. The Balaban J connectivity index is 1.40. The maximum atomic E-state index is 13.2. The zero-order valence-corrected chi connectivity index (χ0v) is 24.1. The quantitative estimate of drug-likeness (QED) is 0.114. The lowest BCUT2D eigenvalue weighted by Crippen LogP contribution is -2.30. The van der Waals surface area contributed by atoms with Gasteiger partial charge in [0, 0.05) is 21.2 Å². The number of carboxylic acid groups (broad SMARTS) is 1. The first-order valence-electron chi connectivity index (χ1n) is 12.4. The molecule has 0 radical (unpaired) electrons. The SMILES string of the molecule is O=C(CSc1ccc(NC(=O)/C(=C/c2cccc(Cl)c2)NC(=O)c2ccccc2)cc1)Nc1cc(C(=O)O)ccc1Cl. The second kappa shape index (κ2) is 14.4. The number of halogens is 2. The van der Waals surface area contributed by atoms with Gasteiger partial charge in [0.25, 0.3) is 11.8 Å². The second-order valence-electron chi connectivity index (χ2n) is 8.75. The summed E-state index contributed by atoms with van der Waals surface area (Å²) in [7, 11) is 0. The van der Waals surface area contributed by atoms with Crippen molar-refractivity contribution in [1.29, 1.82) is 0 Å². The summed E-state index contributed by atoms with van der Waals surface area (Å²) in [6.45, 7) is 0. The van der Waals surface area contributed by atoms with Gasteiger partial charge in [0.05, 0.1) is 22.0 Å². The van der Waals surface area contributed by atoms with Crippen LogP contribution < -0.4 is 16.0 Å². The van der Waals surface area contributed by atoms with E-state index in [1.54, 1.807) is 78.9 Å². The second-order valence-corrected chi connectivity index (χ2v) is 10.6. The molecule has 0 spiro atoms. The third-order valence-electron chi connectivity index (χ3n) is 5.66. The molecule has 0 aliphatic carbocycles. The summed E-state index contributed by atoms with van der Waals surface area (Å²) in [6, 6.07) is 26.2. The predicted octanol–water partition coefficient (Wildman–Crippen LogP) is 6.83. The van der Waals surface area contributed by atoms with Crippen LogP contribution >= 0.6 is 35.0 Å². The molecule has 4 N–H and O–H groups in total. The number of nitrogens with one attached hydrogen (secondary N) is 3. The molecule has 0 unspecified atom stereocenters. The molecule has 4 aromatic carbocycles. The molecule has 212 valence electrons. The highest BCUT2D eigenvalue weighted by Gasteiger charge is 2.16. The van der Waals surface area contributed by atoms with Gasteiger partial charge in [-0.1, -0.05) is 53.5 Å². The Hall–Kier alpha value is -4.57. The molecule has 0 heterocycles. The minimum absolute atomic E-state index is 0.00481. The van der Waals surface area contributed by atoms with Gasteiger partial charge in [0.15, 0.2) is 0 Å². The number of rotatable bonds is 10. The minimum atomic E-state index is -1.13. The van der Waals surface area contributed by atoms with Crippen molar-refractivity contribution in [2.24, 2.45) is 0 Å². The molecule has 11 heteroatoms. The van der Waals surface area contributed by atoms with E-state index in [1.807, 2.05) is 0 Å². The lowest BCUT2D eigenvalue weighted by Gasteiger charge is -2.12. The molecular formula is C31H23Cl2N3O5S. The van der Waals surface area contributed by atoms with Crippen LogP contribution in [0.15, 0.2) is 108 Å². The normalized spacial score (nSPS) is 11.0. The number of hydrogen-bond donors (Lipinski definition) is 4. The fourth-order valence-corrected chi connectivity index (χ4v) is 4.69. The van der Waals surface area contributed by atoms with Crippen LogP contribution in [0, 0.1) is 0 Å². The molecule has 0 aromatic heterocycles. The molecule has 4 rings (SSSR count). The molecule has 42 heavy (non-hydrogen) atoms. The standard InChI is InChI=1S/C31H23Cl2N3O5S/c32-22-8-4-5-19(15-22)16-27(36-29(38)20-6-2-1-3-7-20)30(39)34-23-10-12-24(13-11-23)42-18-28(37)35-26-17-21(31(40)41)9-14-25(26)33/h1-17H,18H2,(H,34,39)(H,35,37)(H,36,38)(H,40,41)/b27-16-. The van der Waals surface area contributed by atoms with Gasteiger partial charge in [0.2, 0.25) is 5.91 Å². The summed E-state index contributed by atoms with van der Waals surface area (Å²) in [5.74, 6) is -2.45. The van der Waals surface area contributed by atoms with Crippen LogP contribution in [0.1, 0.15) is 26.3 Å². The molecule has 3 amide bonds. The largest absolute Gasteiger partial charge is 0.478 e. The van der Waals surface area contributed by atoms with Crippen LogP contribution in [-0.4, -0.2) is 34.6 Å². The Labute approximate surface area is 255 Å². The highest BCUT2D eigenvalue weighted by molar-refractivity contribution is 8.00. The molecule has 0 bridgehead atoms. The van der Waals surface area contributed by atoms with Crippen LogP contribution in [0.2, 0.25) is 10.0 Å². The van der Waals surface area contributed by atoms with Gasteiger partial charge < -0.3 is 21.1 Å². The predicted molar refractivity (Wildman–Crippen MR) is 166 cm³/mol. The lowest BCUT2D eigenvalue weighted by atomic mass is 10.1. The first-order chi connectivity index (χ1) is 20.2. The van der Waals surface area contributed by atoms with E-state index in [-0.39, 0.29) is 33.6 Å². The maximum absolute atomic E-state index is 13.2. The van der Waals surface area contributed by atoms with Crippen molar-refractivity contribution < 1.29 is 24.3 Å². The highest BCUT2D eigenvalue weighted by Crippen LogP contribution is 2.25. The van der Waals surface area contributed by atoms with Gasteiger partial charge >= 0.3 is 5.97 Å². The number of aromatic carboxylic acids is 1. The highest BCUT2D eigenvalue weighted by atomic mass is 35.5. The summed E-state index contributed by atoms with van der Waals surface area (Å²) >= 11 is 13.4. The number of anilines is 2. The van der Waals surface area contributed by atoms with Crippen LogP contribution in [0.4, 0.5) is 11.4 Å². The van der Waals surface area contributed by atoms with Crippen molar-refractivity contribution in [3.05, 3.63) is 129 Å². The van der Waals surface area contributed by atoms with E-state index in [4.69, 9.17) is 28.3 Å². The Morgan fingerprint density at radius 3 is 2.21 bits per heavy atom. The third kappa shape index (κ3) is 8.71. The molecule has 4 aromatic rings. The number of carbonyl (C=O) groups excluding carboxylic acids is 3. The number of benzene rings is 4. The average molecular weight is 621 g/mol. The Morgan fingerprint density at radius 1 is 0.786 bits per heavy atom. The maximum Gasteiger partial charge on any atom is 0.335 e. The van der Waals surface area contributed by atoms with Gasteiger partial charge in [-0.25, -0.2) is 4.79 Å². The number of amides is 3. The van der Waals surface area contributed by atoms with Gasteiger partial charge in [-0.15, -0.1) is 11.8 Å². The Morgan fingerprint density at radius 2 is 1.52 bits per heavy atom. The molecule has 0 saturated carbocycles. The van der Waals surface area contributed by atoms with Crippen molar-refractivity contribution in [3.63, 3.8) is 0 Å². The molecule has 0 fully saturated rings. The van der Waals surface area contributed by atoms with E-state index in [2.05, 4.69) is 16.0 Å². The number of carboxylic acids is 1. The van der Waals surface area contributed by atoms with Crippen molar-refractivity contribution in [2.75, 3.05) is 16.4 Å². The van der Waals surface area contributed by atoms with E-state index in [0.717, 1.165) is 4.90 Å². The van der Waals surface area contributed by atoms with Gasteiger partial charge in [-0.3, -0.25) is 14.4 Å². The summed E-state index contributed by atoms with van der Waals surface area (Å²) in [4.78, 5) is 50.4. The smallest absolute Gasteiger partial charge is 0.335 e. The van der Waals surface area contributed by atoms with Crippen LogP contribution in [0.5, 0.6) is 0 Å². The fourth-order valence-electron chi connectivity index (χ4n) is 3.63. The van der Waals surface area contributed by atoms with E-state index in [1.165, 1.54) is 36.0 Å². The first-order valence-corrected chi connectivity index (χ1v) is 14.1. The molecule has 0 aliphatic heterocycles. The van der Waals surface area contributed by atoms with E-state index >= 15 is 0 Å². The van der Waals surface area contributed by atoms with Gasteiger partial charge in [0.1, 0.15) is 5.70 Å². The molecule has 8 nitrogen and oxygen atoms in total. The summed E-state index contributed by atoms with van der Waals surface area (Å²) in [5, 5.41) is 17.9. The monoisotopic (exact) mass is 619 g/mol. The van der Waals surface area contributed by atoms with Crippen molar-refractivity contribution in [3.8, 4) is 0 Å². The zero-order chi connectivity index (χ0) is 30.1. The number of thioether (sulfide) groups is 1.